The number of nitrogens with zero attached hydrogens (tertiary/aromatic N) is 2. The number of halogens is 1. The molecule has 1 aliphatic carbocycles. The Balaban J connectivity index is 1.75. The number of carbonyl (C=O) groups excluding carboxylic acids is 1. The highest BCUT2D eigenvalue weighted by atomic mass is 79.9. The molecule has 1 aliphatic rings. The van der Waals surface area contributed by atoms with Gasteiger partial charge in [-0.3, -0.25) is 14.2 Å². The zero-order valence-corrected chi connectivity index (χ0v) is 19.2. The Morgan fingerprint density at radius 2 is 2.14 bits per heavy atom. The predicted octanol–water partition coefficient (Wildman–Crippen LogP) is 4.13. The summed E-state index contributed by atoms with van der Waals surface area (Å²) >= 11 is 4.75. The molecule has 1 aromatic heterocycles. The number of hydrogen-bond acceptors (Lipinski definition) is 5. The lowest BCUT2D eigenvalue weighted by molar-refractivity contribution is -0.119. The highest BCUT2D eigenvalue weighted by Crippen LogP contribution is 2.22. The van der Waals surface area contributed by atoms with Crippen LogP contribution in [-0.2, 0) is 16.1 Å². The van der Waals surface area contributed by atoms with E-state index in [0.29, 0.717) is 35.8 Å². The first-order chi connectivity index (χ1) is 14.1. The number of thioether (sulfide) groups is 1. The van der Waals surface area contributed by atoms with Crippen molar-refractivity contribution < 1.29 is 9.53 Å². The van der Waals surface area contributed by atoms with Gasteiger partial charge in [0.2, 0.25) is 5.91 Å². The van der Waals surface area contributed by atoms with Crippen LogP contribution in [-0.4, -0.2) is 40.5 Å². The smallest absolute Gasteiger partial charge is 0.262 e. The third-order valence-electron chi connectivity index (χ3n) is 5.06. The average molecular weight is 482 g/mol. The lowest BCUT2D eigenvalue weighted by atomic mass is 9.95. The van der Waals surface area contributed by atoms with Crippen molar-refractivity contribution in [3.05, 3.63) is 33.0 Å². The summed E-state index contributed by atoms with van der Waals surface area (Å²) in [6, 6.07) is 5.79. The van der Waals surface area contributed by atoms with E-state index in [2.05, 4.69) is 26.2 Å². The molecule has 2 aromatic rings. The second kappa shape index (κ2) is 11.1. The molecule has 1 aromatic carbocycles. The third-order valence-corrected chi connectivity index (χ3v) is 6.53. The standard InChI is InChI=1S/C21H28BrN3O3S/c1-2-28-12-6-11-25-20(27)17-13-15(22)9-10-18(17)24-21(25)29-14-19(26)23-16-7-4-3-5-8-16/h9-10,13,16H,2-8,11-12,14H2,1H3,(H,23,26). The largest absolute Gasteiger partial charge is 0.382 e. The summed E-state index contributed by atoms with van der Waals surface area (Å²) < 4.78 is 7.93. The summed E-state index contributed by atoms with van der Waals surface area (Å²) in [6.07, 6.45) is 6.45. The van der Waals surface area contributed by atoms with Gasteiger partial charge in [0.15, 0.2) is 5.16 Å². The number of hydrogen-bond donors (Lipinski definition) is 1. The zero-order valence-electron chi connectivity index (χ0n) is 16.8. The van der Waals surface area contributed by atoms with Gasteiger partial charge in [0.1, 0.15) is 0 Å². The highest BCUT2D eigenvalue weighted by molar-refractivity contribution is 9.10. The lowest BCUT2D eigenvalue weighted by Gasteiger charge is -2.22. The van der Waals surface area contributed by atoms with Gasteiger partial charge in [-0.05, 0) is 44.4 Å². The van der Waals surface area contributed by atoms with E-state index < -0.39 is 0 Å². The summed E-state index contributed by atoms with van der Waals surface area (Å²) in [5, 5.41) is 4.29. The second-order valence-electron chi connectivity index (χ2n) is 7.25. The number of fused-ring (bicyclic) bond motifs is 1. The molecule has 3 rings (SSSR count). The molecule has 158 valence electrons. The van der Waals surface area contributed by atoms with Crippen molar-refractivity contribution in [1.29, 1.82) is 0 Å². The van der Waals surface area contributed by atoms with E-state index in [1.54, 1.807) is 10.6 Å². The Morgan fingerprint density at radius 1 is 1.34 bits per heavy atom. The first-order valence-electron chi connectivity index (χ1n) is 10.3. The van der Waals surface area contributed by atoms with E-state index in [0.717, 1.165) is 23.7 Å². The predicted molar refractivity (Wildman–Crippen MR) is 121 cm³/mol. The number of nitrogens with one attached hydrogen (secondary N) is 1. The van der Waals surface area contributed by atoms with Crippen LogP contribution in [0.5, 0.6) is 0 Å². The SMILES string of the molecule is CCOCCCn1c(SCC(=O)NC2CCCCC2)nc2ccc(Br)cc2c1=O. The van der Waals surface area contributed by atoms with Gasteiger partial charge < -0.3 is 10.1 Å². The Kier molecular flexibility index (Phi) is 8.56. The van der Waals surface area contributed by atoms with Crippen molar-refractivity contribution in [2.24, 2.45) is 0 Å². The Morgan fingerprint density at radius 3 is 2.90 bits per heavy atom. The molecular weight excluding hydrogens is 454 g/mol. The average Bonchev–Trinajstić information content (AvgIpc) is 2.72. The van der Waals surface area contributed by atoms with Gasteiger partial charge in [0.25, 0.3) is 5.56 Å². The molecule has 0 saturated heterocycles. The minimum Gasteiger partial charge on any atom is -0.382 e. The van der Waals surface area contributed by atoms with Crippen molar-refractivity contribution in [1.82, 2.24) is 14.9 Å². The quantitative estimate of drug-likeness (QED) is 0.331. The first-order valence-corrected chi connectivity index (χ1v) is 12.1. The normalized spacial score (nSPS) is 15.0. The highest BCUT2D eigenvalue weighted by Gasteiger charge is 2.17. The van der Waals surface area contributed by atoms with Gasteiger partial charge >= 0.3 is 0 Å². The Bertz CT molecular complexity index is 897. The maximum absolute atomic E-state index is 13.1. The molecule has 0 radical (unpaired) electrons. The molecule has 1 N–H and O–H groups in total. The summed E-state index contributed by atoms with van der Waals surface area (Å²) in [4.78, 5) is 30.2. The summed E-state index contributed by atoms with van der Waals surface area (Å²) in [6.45, 7) is 3.71. The monoisotopic (exact) mass is 481 g/mol. The number of carbonyl (C=O) groups is 1. The molecule has 6 nitrogen and oxygen atoms in total. The van der Waals surface area contributed by atoms with Crippen LogP contribution in [0.4, 0.5) is 0 Å². The third kappa shape index (κ3) is 6.30. The number of aromatic nitrogens is 2. The minimum absolute atomic E-state index is 0.00733. The molecule has 1 fully saturated rings. The van der Waals surface area contributed by atoms with Crippen LogP contribution in [0.25, 0.3) is 10.9 Å². The fourth-order valence-electron chi connectivity index (χ4n) is 3.60. The van der Waals surface area contributed by atoms with Crippen LogP contribution in [0, 0.1) is 0 Å². The lowest BCUT2D eigenvalue weighted by Crippen LogP contribution is -2.37. The van der Waals surface area contributed by atoms with E-state index in [9.17, 15) is 9.59 Å². The maximum Gasteiger partial charge on any atom is 0.262 e. The van der Waals surface area contributed by atoms with Gasteiger partial charge in [-0.2, -0.15) is 0 Å². The molecule has 0 aliphatic heterocycles. The van der Waals surface area contributed by atoms with Crippen molar-refractivity contribution in [3.8, 4) is 0 Å². The second-order valence-corrected chi connectivity index (χ2v) is 9.11. The number of ether oxygens (including phenoxy) is 1. The van der Waals surface area contributed by atoms with Gasteiger partial charge in [-0.15, -0.1) is 0 Å². The van der Waals surface area contributed by atoms with Crippen LogP contribution in [0.2, 0.25) is 0 Å². The maximum atomic E-state index is 13.1. The fourth-order valence-corrected chi connectivity index (χ4v) is 4.79. The molecule has 0 bridgehead atoms. The van der Waals surface area contributed by atoms with Crippen molar-refractivity contribution >= 4 is 44.5 Å². The molecule has 29 heavy (non-hydrogen) atoms. The van der Waals surface area contributed by atoms with Gasteiger partial charge in [0.05, 0.1) is 16.7 Å². The van der Waals surface area contributed by atoms with E-state index in [4.69, 9.17) is 4.74 Å². The number of amides is 1. The molecule has 8 heteroatoms. The van der Waals surface area contributed by atoms with Crippen LogP contribution in [0.3, 0.4) is 0 Å². The van der Waals surface area contributed by atoms with Crippen molar-refractivity contribution in [3.63, 3.8) is 0 Å². The summed E-state index contributed by atoms with van der Waals surface area (Å²) in [7, 11) is 0. The van der Waals surface area contributed by atoms with Crippen molar-refractivity contribution in [2.45, 2.75) is 63.2 Å². The topological polar surface area (TPSA) is 73.2 Å². The molecule has 0 unspecified atom stereocenters. The van der Waals surface area contributed by atoms with Gasteiger partial charge in [0, 0.05) is 30.3 Å². The van der Waals surface area contributed by atoms with E-state index in [1.165, 1.54) is 31.0 Å². The Hall–Kier alpha value is -1.38. The fraction of sp³-hybridized carbons (Fsp3) is 0.571. The van der Waals surface area contributed by atoms with Crippen LogP contribution in [0.1, 0.15) is 45.4 Å². The molecule has 1 amide bonds. The van der Waals surface area contributed by atoms with Gasteiger partial charge in [-0.1, -0.05) is 47.0 Å². The number of rotatable bonds is 9. The Labute approximate surface area is 183 Å². The molecule has 1 saturated carbocycles. The van der Waals surface area contributed by atoms with E-state index in [-0.39, 0.29) is 23.3 Å². The summed E-state index contributed by atoms with van der Waals surface area (Å²) in [5.41, 5.74) is 0.567. The molecule has 1 heterocycles. The van der Waals surface area contributed by atoms with Crippen LogP contribution >= 0.6 is 27.7 Å². The van der Waals surface area contributed by atoms with Crippen LogP contribution < -0.4 is 10.9 Å². The van der Waals surface area contributed by atoms with E-state index >= 15 is 0 Å². The molecule has 0 atom stereocenters. The number of benzene rings is 1. The first kappa shape index (κ1) is 22.3. The van der Waals surface area contributed by atoms with Crippen LogP contribution in [0.15, 0.2) is 32.6 Å². The van der Waals surface area contributed by atoms with Crippen molar-refractivity contribution in [2.75, 3.05) is 19.0 Å². The van der Waals surface area contributed by atoms with E-state index in [1.807, 2.05) is 19.1 Å². The zero-order chi connectivity index (χ0) is 20.6. The summed E-state index contributed by atoms with van der Waals surface area (Å²) in [5.74, 6) is 0.268. The minimum atomic E-state index is -0.0806. The molecule has 0 spiro atoms. The van der Waals surface area contributed by atoms with Gasteiger partial charge in [-0.25, -0.2) is 4.98 Å². The molecular formula is C21H28BrN3O3S.